The maximum Gasteiger partial charge on any atom is 0.306 e. The summed E-state index contributed by atoms with van der Waals surface area (Å²) in [5.41, 5.74) is 0. The van der Waals surface area contributed by atoms with Crippen LogP contribution in [0.15, 0.2) is 0 Å². The lowest BCUT2D eigenvalue weighted by Crippen LogP contribution is -2.11. The summed E-state index contributed by atoms with van der Waals surface area (Å²) in [7, 11) is 0. The summed E-state index contributed by atoms with van der Waals surface area (Å²) in [4.78, 5) is 10.4. The molecule has 0 aromatic carbocycles. The predicted molar refractivity (Wildman–Crippen MR) is 31.5 cm³/mol. The fourth-order valence-electron chi connectivity index (χ4n) is 0.307. The summed E-state index contributed by atoms with van der Waals surface area (Å²) in [6.45, 7) is 3.22. The number of esters is 1. The third-order valence-corrected chi connectivity index (χ3v) is 0.779. The molecule has 0 radical (unpaired) electrons. The molecule has 0 rings (SSSR count). The fraction of sp³-hybridized carbons (Fsp3) is 0.667. The van der Waals surface area contributed by atoms with Gasteiger partial charge >= 0.3 is 5.97 Å². The third-order valence-electron chi connectivity index (χ3n) is 0.779. The zero-order chi connectivity index (χ0) is 7.28. The Labute approximate surface area is 54.2 Å². The summed E-state index contributed by atoms with van der Waals surface area (Å²) in [5, 5.41) is 8.15. The summed E-state index contributed by atoms with van der Waals surface area (Å²) in [6, 6.07) is 1.79. The van der Waals surface area contributed by atoms with E-state index in [1.165, 1.54) is 6.92 Å². The number of nitrogens with zero attached hydrogens (tertiary/aromatic N) is 1. The third kappa shape index (κ3) is 3.53. The zero-order valence-corrected chi connectivity index (χ0v) is 5.55. The molecule has 1 unspecified atom stereocenters. The lowest BCUT2D eigenvalue weighted by molar-refractivity contribution is -0.145. The van der Waals surface area contributed by atoms with E-state index in [1.807, 2.05) is 0 Å². The van der Waals surface area contributed by atoms with Crippen molar-refractivity contribution < 1.29 is 9.53 Å². The number of carbonyl (C=O) groups excluding carboxylic acids is 1. The maximum atomic E-state index is 10.4. The van der Waals surface area contributed by atoms with Gasteiger partial charge in [0.2, 0.25) is 0 Å². The Morgan fingerprint density at radius 1 is 1.89 bits per heavy atom. The van der Waals surface area contributed by atoms with Crippen molar-refractivity contribution in [2.24, 2.45) is 0 Å². The zero-order valence-electron chi connectivity index (χ0n) is 5.55. The second-order valence-electron chi connectivity index (χ2n) is 1.61. The van der Waals surface area contributed by atoms with E-state index in [-0.39, 0.29) is 5.97 Å². The molecule has 3 heteroatoms. The van der Waals surface area contributed by atoms with Gasteiger partial charge in [0.1, 0.15) is 6.07 Å². The topological polar surface area (TPSA) is 50.1 Å². The van der Waals surface area contributed by atoms with E-state index < -0.39 is 6.10 Å². The molecule has 9 heavy (non-hydrogen) atoms. The van der Waals surface area contributed by atoms with E-state index in [4.69, 9.17) is 5.26 Å². The van der Waals surface area contributed by atoms with Crippen molar-refractivity contribution in [2.45, 2.75) is 26.4 Å². The van der Waals surface area contributed by atoms with Crippen LogP contribution in [0.5, 0.6) is 0 Å². The Morgan fingerprint density at radius 3 is 2.78 bits per heavy atom. The number of rotatable bonds is 2. The first-order valence-electron chi connectivity index (χ1n) is 2.79. The average molecular weight is 127 g/mol. The Bertz CT molecular complexity index is 136. The van der Waals surface area contributed by atoms with E-state index in [9.17, 15) is 4.79 Å². The van der Waals surface area contributed by atoms with Gasteiger partial charge in [-0.3, -0.25) is 4.79 Å². The van der Waals surface area contributed by atoms with Gasteiger partial charge in [0.25, 0.3) is 0 Å². The van der Waals surface area contributed by atoms with E-state index in [0.29, 0.717) is 6.42 Å². The highest BCUT2D eigenvalue weighted by atomic mass is 16.5. The molecule has 0 saturated heterocycles. The van der Waals surface area contributed by atoms with Gasteiger partial charge in [-0.15, -0.1) is 0 Å². The van der Waals surface area contributed by atoms with Crippen molar-refractivity contribution >= 4 is 5.97 Å². The highest BCUT2D eigenvalue weighted by Crippen LogP contribution is 1.90. The van der Waals surface area contributed by atoms with Gasteiger partial charge in [0, 0.05) is 6.42 Å². The summed E-state index contributed by atoms with van der Waals surface area (Å²) < 4.78 is 4.55. The molecule has 0 amide bonds. The maximum absolute atomic E-state index is 10.4. The van der Waals surface area contributed by atoms with Crippen LogP contribution in [-0.2, 0) is 9.53 Å². The number of carbonyl (C=O) groups is 1. The molecule has 0 saturated carbocycles. The van der Waals surface area contributed by atoms with Crippen molar-refractivity contribution in [2.75, 3.05) is 0 Å². The molecule has 0 N–H and O–H groups in total. The normalized spacial score (nSPS) is 11.7. The largest absolute Gasteiger partial charge is 0.447 e. The highest BCUT2D eigenvalue weighted by Gasteiger charge is 2.03. The molecule has 50 valence electrons. The van der Waals surface area contributed by atoms with Crippen LogP contribution in [0.3, 0.4) is 0 Å². The molecule has 0 spiro atoms. The second kappa shape index (κ2) is 3.90. The van der Waals surface area contributed by atoms with Gasteiger partial charge in [-0.05, 0) is 6.92 Å². The molecule has 0 aromatic heterocycles. The minimum atomic E-state index is -0.613. The van der Waals surface area contributed by atoms with Crippen LogP contribution < -0.4 is 0 Å². The molecule has 1 atom stereocenters. The van der Waals surface area contributed by atoms with Gasteiger partial charge in [0.05, 0.1) is 0 Å². The van der Waals surface area contributed by atoms with Gasteiger partial charge in [-0.25, -0.2) is 0 Å². The SMILES string of the molecule is CCC(=O)OC(C)C#N. The first kappa shape index (κ1) is 7.96. The fourth-order valence-corrected chi connectivity index (χ4v) is 0.307. The van der Waals surface area contributed by atoms with Crippen LogP contribution in [0.1, 0.15) is 20.3 Å². The molecule has 0 aromatic rings. The van der Waals surface area contributed by atoms with E-state index >= 15 is 0 Å². The summed E-state index contributed by atoms with van der Waals surface area (Å²) >= 11 is 0. The molecule has 0 heterocycles. The lowest BCUT2D eigenvalue weighted by atomic mass is 10.4. The van der Waals surface area contributed by atoms with Gasteiger partial charge in [0.15, 0.2) is 6.10 Å². The van der Waals surface area contributed by atoms with Gasteiger partial charge in [-0.1, -0.05) is 6.92 Å². The van der Waals surface area contributed by atoms with Crippen LogP contribution in [0, 0.1) is 11.3 Å². The molecule has 3 nitrogen and oxygen atoms in total. The van der Waals surface area contributed by atoms with Crippen molar-refractivity contribution in [1.82, 2.24) is 0 Å². The number of hydrogen-bond donors (Lipinski definition) is 0. The standard InChI is InChI=1S/C6H9NO2/c1-3-6(8)9-5(2)4-7/h5H,3H2,1-2H3. The minimum Gasteiger partial charge on any atom is -0.447 e. The predicted octanol–water partition coefficient (Wildman–Crippen LogP) is 0.852. The average Bonchev–Trinajstić information content (AvgIpc) is 1.87. The van der Waals surface area contributed by atoms with Crippen molar-refractivity contribution in [3.63, 3.8) is 0 Å². The molecule has 0 aliphatic heterocycles. The van der Waals surface area contributed by atoms with Crippen molar-refractivity contribution in [3.05, 3.63) is 0 Å². The Hall–Kier alpha value is -1.04. The second-order valence-corrected chi connectivity index (χ2v) is 1.61. The van der Waals surface area contributed by atoms with Gasteiger partial charge in [-0.2, -0.15) is 5.26 Å². The van der Waals surface area contributed by atoms with Crippen molar-refractivity contribution in [1.29, 1.82) is 5.26 Å². The molecule has 0 bridgehead atoms. The monoisotopic (exact) mass is 127 g/mol. The molecular weight excluding hydrogens is 118 g/mol. The lowest BCUT2D eigenvalue weighted by Gasteiger charge is -2.01. The van der Waals surface area contributed by atoms with Crippen LogP contribution in [0.2, 0.25) is 0 Å². The van der Waals surface area contributed by atoms with E-state index in [0.717, 1.165) is 0 Å². The first-order chi connectivity index (χ1) is 4.20. The van der Waals surface area contributed by atoms with Crippen molar-refractivity contribution in [3.8, 4) is 6.07 Å². The Kier molecular flexibility index (Phi) is 3.45. The number of nitriles is 1. The Morgan fingerprint density at radius 2 is 2.44 bits per heavy atom. The summed E-state index contributed by atoms with van der Waals surface area (Å²) in [5.74, 6) is -0.330. The smallest absolute Gasteiger partial charge is 0.306 e. The molecule has 0 fully saturated rings. The Balaban J connectivity index is 3.50. The molecule has 0 aliphatic rings. The van der Waals surface area contributed by atoms with Crippen LogP contribution in [0.25, 0.3) is 0 Å². The minimum absolute atomic E-state index is 0.325. The molecular formula is C6H9NO2. The van der Waals surface area contributed by atoms with Crippen LogP contribution in [-0.4, -0.2) is 12.1 Å². The highest BCUT2D eigenvalue weighted by molar-refractivity contribution is 5.69. The summed E-state index contributed by atoms with van der Waals surface area (Å²) in [6.07, 6.45) is -0.288. The molecule has 0 aliphatic carbocycles. The quantitative estimate of drug-likeness (QED) is 0.517. The van der Waals surface area contributed by atoms with E-state index in [1.54, 1.807) is 13.0 Å². The van der Waals surface area contributed by atoms with Gasteiger partial charge < -0.3 is 4.74 Å². The van der Waals surface area contributed by atoms with Crippen LogP contribution in [0.4, 0.5) is 0 Å². The first-order valence-corrected chi connectivity index (χ1v) is 2.79. The van der Waals surface area contributed by atoms with Crippen LogP contribution >= 0.6 is 0 Å². The van der Waals surface area contributed by atoms with E-state index in [2.05, 4.69) is 4.74 Å². The number of ether oxygens (including phenoxy) is 1. The number of hydrogen-bond acceptors (Lipinski definition) is 3.